The van der Waals surface area contributed by atoms with Gasteiger partial charge in [0, 0.05) is 12.5 Å². The zero-order valence-corrected chi connectivity index (χ0v) is 11.2. The molecule has 3 atom stereocenters. The summed E-state index contributed by atoms with van der Waals surface area (Å²) in [6.07, 6.45) is 6.72. The molecule has 0 spiro atoms. The summed E-state index contributed by atoms with van der Waals surface area (Å²) in [7, 11) is 0. The minimum Gasteiger partial charge on any atom is -0.396 e. The first-order chi connectivity index (χ1) is 8.04. The second-order valence-corrected chi connectivity index (χ2v) is 5.50. The monoisotopic (exact) mass is 238 g/mol. The minimum atomic E-state index is -0.348. The van der Waals surface area contributed by atoms with Gasteiger partial charge in [-0.2, -0.15) is 0 Å². The Bertz CT molecular complexity index is 277. The van der Waals surface area contributed by atoms with E-state index < -0.39 is 0 Å². The van der Waals surface area contributed by atoms with Crippen molar-refractivity contribution in [3.8, 4) is 0 Å². The van der Waals surface area contributed by atoms with E-state index in [9.17, 15) is 5.11 Å². The molecule has 1 saturated carbocycles. The van der Waals surface area contributed by atoms with E-state index in [0.717, 1.165) is 32.1 Å². The van der Waals surface area contributed by atoms with E-state index in [1.807, 2.05) is 0 Å². The van der Waals surface area contributed by atoms with Crippen LogP contribution in [0.3, 0.4) is 0 Å². The lowest BCUT2D eigenvalue weighted by Gasteiger charge is -2.33. The van der Waals surface area contributed by atoms with Crippen molar-refractivity contribution in [2.75, 3.05) is 6.61 Å². The van der Waals surface area contributed by atoms with Crippen LogP contribution in [-0.4, -0.2) is 22.9 Å². The van der Waals surface area contributed by atoms with Gasteiger partial charge in [0.15, 0.2) is 0 Å². The van der Waals surface area contributed by atoms with Crippen LogP contribution >= 0.6 is 0 Å². The van der Waals surface area contributed by atoms with E-state index in [2.05, 4.69) is 26.5 Å². The van der Waals surface area contributed by atoms with Gasteiger partial charge in [-0.1, -0.05) is 23.8 Å². The summed E-state index contributed by atoms with van der Waals surface area (Å²) in [6, 6.07) is 0. The molecule has 1 rings (SSSR count). The Labute approximate surface area is 105 Å². The second-order valence-electron chi connectivity index (χ2n) is 5.50. The van der Waals surface area contributed by atoms with E-state index in [1.165, 1.54) is 11.1 Å². The highest BCUT2D eigenvalue weighted by molar-refractivity contribution is 5.06. The normalized spacial score (nSPS) is 28.8. The van der Waals surface area contributed by atoms with Gasteiger partial charge in [-0.15, -0.1) is 0 Å². The molecular weight excluding hydrogens is 212 g/mol. The van der Waals surface area contributed by atoms with E-state index in [-0.39, 0.29) is 18.6 Å². The first-order valence-electron chi connectivity index (χ1n) is 6.64. The first-order valence-corrected chi connectivity index (χ1v) is 6.64. The number of aliphatic hydroxyl groups excluding tert-OH is 2. The fourth-order valence-corrected chi connectivity index (χ4v) is 2.54. The van der Waals surface area contributed by atoms with Crippen LogP contribution in [-0.2, 0) is 0 Å². The van der Waals surface area contributed by atoms with Crippen molar-refractivity contribution in [1.29, 1.82) is 0 Å². The topological polar surface area (TPSA) is 40.5 Å². The number of aliphatic hydroxyl groups is 2. The third-order valence-electron chi connectivity index (χ3n) is 3.79. The van der Waals surface area contributed by atoms with Gasteiger partial charge in [0.05, 0.1) is 6.10 Å². The summed E-state index contributed by atoms with van der Waals surface area (Å²) < 4.78 is 0. The van der Waals surface area contributed by atoms with Crippen molar-refractivity contribution in [1.82, 2.24) is 0 Å². The highest BCUT2D eigenvalue weighted by Crippen LogP contribution is 2.34. The molecule has 0 aliphatic heterocycles. The molecule has 1 fully saturated rings. The predicted octanol–water partition coefficient (Wildman–Crippen LogP) is 3.06. The third kappa shape index (κ3) is 4.64. The van der Waals surface area contributed by atoms with E-state index >= 15 is 0 Å². The van der Waals surface area contributed by atoms with Crippen LogP contribution in [0.4, 0.5) is 0 Å². The zero-order chi connectivity index (χ0) is 12.8. The van der Waals surface area contributed by atoms with Crippen molar-refractivity contribution in [3.63, 3.8) is 0 Å². The molecule has 0 unspecified atom stereocenters. The smallest absolute Gasteiger partial charge is 0.0596 e. The molecule has 1 aliphatic carbocycles. The molecule has 0 aromatic carbocycles. The third-order valence-corrected chi connectivity index (χ3v) is 3.79. The Kier molecular flexibility index (Phi) is 5.93. The van der Waals surface area contributed by atoms with Gasteiger partial charge in [-0.25, -0.2) is 0 Å². The number of hydrogen-bond donors (Lipinski definition) is 2. The number of allylic oxidation sites excluding steroid dienone is 3. The van der Waals surface area contributed by atoms with Crippen LogP contribution in [0.15, 0.2) is 23.8 Å². The second kappa shape index (κ2) is 6.97. The Morgan fingerprint density at radius 1 is 1.35 bits per heavy atom. The van der Waals surface area contributed by atoms with Crippen molar-refractivity contribution < 1.29 is 10.2 Å². The average Bonchev–Trinajstić information content (AvgIpc) is 2.28. The average molecular weight is 238 g/mol. The van der Waals surface area contributed by atoms with Gasteiger partial charge in [-0.05, 0) is 51.9 Å². The largest absolute Gasteiger partial charge is 0.396 e. The quantitative estimate of drug-likeness (QED) is 0.723. The van der Waals surface area contributed by atoms with Crippen LogP contribution < -0.4 is 0 Å². The van der Waals surface area contributed by atoms with Gasteiger partial charge >= 0.3 is 0 Å². The molecule has 98 valence electrons. The maximum atomic E-state index is 9.89. The van der Waals surface area contributed by atoms with E-state index in [4.69, 9.17) is 5.11 Å². The molecule has 2 nitrogen and oxygen atoms in total. The van der Waals surface area contributed by atoms with Crippen LogP contribution in [0.2, 0.25) is 0 Å². The lowest BCUT2D eigenvalue weighted by atomic mass is 9.76. The minimum absolute atomic E-state index is 0.0804. The molecular formula is C15H26O2. The van der Waals surface area contributed by atoms with E-state index in [0.29, 0.717) is 5.92 Å². The zero-order valence-electron chi connectivity index (χ0n) is 11.2. The van der Waals surface area contributed by atoms with Gasteiger partial charge in [0.2, 0.25) is 0 Å². The molecule has 0 aromatic heterocycles. The predicted molar refractivity (Wildman–Crippen MR) is 71.7 cm³/mol. The Morgan fingerprint density at radius 3 is 2.59 bits per heavy atom. The Balaban J connectivity index is 2.36. The van der Waals surface area contributed by atoms with Gasteiger partial charge in [0.25, 0.3) is 0 Å². The van der Waals surface area contributed by atoms with Crippen molar-refractivity contribution in [2.45, 2.75) is 52.1 Å². The van der Waals surface area contributed by atoms with Crippen molar-refractivity contribution in [2.24, 2.45) is 11.8 Å². The summed E-state index contributed by atoms with van der Waals surface area (Å²) in [5.41, 5.74) is 2.61. The lowest BCUT2D eigenvalue weighted by molar-refractivity contribution is 0.0215. The fourth-order valence-electron chi connectivity index (χ4n) is 2.54. The van der Waals surface area contributed by atoms with Crippen LogP contribution in [0.1, 0.15) is 46.0 Å². The summed E-state index contributed by atoms with van der Waals surface area (Å²) in [5.74, 6) is 0.523. The van der Waals surface area contributed by atoms with Gasteiger partial charge in [-0.3, -0.25) is 0 Å². The molecule has 2 N–H and O–H groups in total. The number of hydrogen-bond acceptors (Lipinski definition) is 2. The summed E-state index contributed by atoms with van der Waals surface area (Å²) in [4.78, 5) is 0. The van der Waals surface area contributed by atoms with Crippen molar-refractivity contribution in [3.05, 3.63) is 23.8 Å². The Morgan fingerprint density at radius 2 is 2.06 bits per heavy atom. The van der Waals surface area contributed by atoms with Gasteiger partial charge in [0.1, 0.15) is 0 Å². The standard InChI is InChI=1S/C15H26O2/c1-11(2)5-4-6-12(3)13-7-8-14(10-16)15(17)9-13/h5,13-17H,3-4,6-10H2,1-2H3/t13-,14-,15+/m0/s1. The summed E-state index contributed by atoms with van der Waals surface area (Å²) in [6.45, 7) is 8.49. The highest BCUT2D eigenvalue weighted by Gasteiger charge is 2.29. The maximum absolute atomic E-state index is 9.89. The maximum Gasteiger partial charge on any atom is 0.0596 e. The van der Waals surface area contributed by atoms with E-state index in [1.54, 1.807) is 0 Å². The molecule has 0 radical (unpaired) electrons. The molecule has 0 amide bonds. The highest BCUT2D eigenvalue weighted by atomic mass is 16.3. The summed E-state index contributed by atoms with van der Waals surface area (Å²) >= 11 is 0. The summed E-state index contributed by atoms with van der Waals surface area (Å²) in [5, 5.41) is 19.0. The Hall–Kier alpha value is -0.600. The molecule has 0 bridgehead atoms. The SMILES string of the molecule is C=C(CCC=C(C)C)[C@H]1CC[C@@H](CO)[C@H](O)C1. The molecule has 0 aromatic rings. The number of rotatable bonds is 5. The molecule has 0 heterocycles. The molecule has 1 aliphatic rings. The van der Waals surface area contributed by atoms with Crippen LogP contribution in [0.25, 0.3) is 0 Å². The van der Waals surface area contributed by atoms with Crippen molar-refractivity contribution >= 4 is 0 Å². The fraction of sp³-hybridized carbons (Fsp3) is 0.733. The van der Waals surface area contributed by atoms with Gasteiger partial charge < -0.3 is 10.2 Å². The molecule has 0 saturated heterocycles. The molecule has 2 heteroatoms. The lowest BCUT2D eigenvalue weighted by Crippen LogP contribution is -2.32. The van der Waals surface area contributed by atoms with Crippen LogP contribution in [0, 0.1) is 11.8 Å². The first kappa shape index (κ1) is 14.5. The molecule has 17 heavy (non-hydrogen) atoms. The van der Waals surface area contributed by atoms with Crippen LogP contribution in [0.5, 0.6) is 0 Å².